The summed E-state index contributed by atoms with van der Waals surface area (Å²) < 4.78 is 4.91. The molecule has 0 amide bonds. The fourth-order valence-corrected chi connectivity index (χ4v) is 1.71. The van der Waals surface area contributed by atoms with E-state index < -0.39 is 0 Å². The van der Waals surface area contributed by atoms with Gasteiger partial charge < -0.3 is 9.84 Å². The van der Waals surface area contributed by atoms with E-state index in [9.17, 15) is 9.90 Å². The number of carbonyl (C=O) groups is 1. The van der Waals surface area contributed by atoms with Gasteiger partial charge in [0.2, 0.25) is 0 Å². The van der Waals surface area contributed by atoms with Crippen LogP contribution in [0.1, 0.15) is 20.3 Å². The van der Waals surface area contributed by atoms with E-state index in [4.69, 9.17) is 4.74 Å². The zero-order valence-corrected chi connectivity index (χ0v) is 8.19. The molecule has 1 rings (SSSR count). The predicted molar refractivity (Wildman–Crippen MR) is 48.3 cm³/mol. The van der Waals surface area contributed by atoms with Gasteiger partial charge in [0.1, 0.15) is 6.04 Å². The summed E-state index contributed by atoms with van der Waals surface area (Å²) >= 11 is 0. The van der Waals surface area contributed by atoms with Crippen LogP contribution in [-0.2, 0) is 9.53 Å². The molecule has 1 N–H and O–H groups in total. The van der Waals surface area contributed by atoms with Crippen LogP contribution in [0.5, 0.6) is 0 Å². The lowest BCUT2D eigenvalue weighted by Gasteiger charge is -2.19. The number of hydrogen-bond donors (Lipinski definition) is 1. The van der Waals surface area contributed by atoms with E-state index in [1.807, 2.05) is 11.8 Å². The average Bonchev–Trinajstić information content (AvgIpc) is 2.47. The Morgan fingerprint density at radius 3 is 2.85 bits per heavy atom. The van der Waals surface area contributed by atoms with E-state index in [1.165, 1.54) is 0 Å². The SMILES string of the molecule is CCOC(=O)[C@@H]1C[C@@H](O)CN1CC. The summed E-state index contributed by atoms with van der Waals surface area (Å²) in [7, 11) is 0. The van der Waals surface area contributed by atoms with Gasteiger partial charge in [-0.3, -0.25) is 9.69 Å². The number of rotatable bonds is 3. The Hall–Kier alpha value is -0.610. The molecule has 76 valence electrons. The molecule has 0 aromatic heterocycles. The average molecular weight is 187 g/mol. The Bertz CT molecular complexity index is 184. The quantitative estimate of drug-likeness (QED) is 0.632. The maximum atomic E-state index is 11.4. The Morgan fingerprint density at radius 1 is 1.62 bits per heavy atom. The van der Waals surface area contributed by atoms with Crippen molar-refractivity contribution in [2.75, 3.05) is 19.7 Å². The summed E-state index contributed by atoms with van der Waals surface area (Å²) in [6, 6.07) is -0.236. The fourth-order valence-electron chi connectivity index (χ4n) is 1.71. The van der Waals surface area contributed by atoms with Gasteiger partial charge in [0, 0.05) is 13.0 Å². The highest BCUT2D eigenvalue weighted by molar-refractivity contribution is 5.76. The third-order valence-corrected chi connectivity index (χ3v) is 2.35. The van der Waals surface area contributed by atoms with E-state index in [0.717, 1.165) is 6.54 Å². The normalized spacial score (nSPS) is 29.2. The van der Waals surface area contributed by atoms with E-state index in [-0.39, 0.29) is 18.1 Å². The maximum absolute atomic E-state index is 11.4. The molecule has 1 fully saturated rings. The summed E-state index contributed by atoms with van der Waals surface area (Å²) in [5, 5.41) is 9.37. The molecule has 0 radical (unpaired) electrons. The van der Waals surface area contributed by atoms with Crippen LogP contribution in [0.4, 0.5) is 0 Å². The molecule has 1 heterocycles. The van der Waals surface area contributed by atoms with Crippen molar-refractivity contribution in [1.29, 1.82) is 0 Å². The summed E-state index contributed by atoms with van der Waals surface area (Å²) in [6.07, 6.45) is 0.126. The van der Waals surface area contributed by atoms with E-state index in [1.54, 1.807) is 6.92 Å². The number of esters is 1. The number of likely N-dealkylation sites (tertiary alicyclic amines) is 1. The topological polar surface area (TPSA) is 49.8 Å². The molecule has 0 unspecified atom stereocenters. The van der Waals surface area contributed by atoms with Crippen LogP contribution in [0.2, 0.25) is 0 Å². The van der Waals surface area contributed by atoms with E-state index in [0.29, 0.717) is 19.6 Å². The predicted octanol–water partition coefficient (Wildman–Crippen LogP) is 0.00460. The van der Waals surface area contributed by atoms with Gasteiger partial charge in [-0.2, -0.15) is 0 Å². The maximum Gasteiger partial charge on any atom is 0.323 e. The number of aliphatic hydroxyl groups is 1. The van der Waals surface area contributed by atoms with Gasteiger partial charge in [-0.15, -0.1) is 0 Å². The highest BCUT2D eigenvalue weighted by Gasteiger charge is 2.35. The van der Waals surface area contributed by atoms with Crippen LogP contribution >= 0.6 is 0 Å². The molecule has 4 heteroatoms. The molecule has 1 aliphatic heterocycles. The van der Waals surface area contributed by atoms with Gasteiger partial charge in [0.15, 0.2) is 0 Å². The van der Waals surface area contributed by atoms with Crippen molar-refractivity contribution in [2.24, 2.45) is 0 Å². The minimum absolute atomic E-state index is 0.207. The van der Waals surface area contributed by atoms with Crippen LogP contribution in [-0.4, -0.2) is 47.8 Å². The molecule has 0 aromatic rings. The Labute approximate surface area is 78.5 Å². The molecule has 4 nitrogen and oxygen atoms in total. The number of aliphatic hydroxyl groups excluding tert-OH is 1. The smallest absolute Gasteiger partial charge is 0.323 e. The molecular formula is C9H17NO3. The van der Waals surface area contributed by atoms with Crippen molar-refractivity contribution < 1.29 is 14.6 Å². The van der Waals surface area contributed by atoms with Gasteiger partial charge in [-0.1, -0.05) is 6.92 Å². The highest BCUT2D eigenvalue weighted by atomic mass is 16.5. The van der Waals surface area contributed by atoms with Crippen LogP contribution in [0.3, 0.4) is 0 Å². The molecule has 1 aliphatic rings. The Balaban J connectivity index is 2.52. The zero-order chi connectivity index (χ0) is 9.84. The molecule has 0 bridgehead atoms. The van der Waals surface area contributed by atoms with Crippen molar-refractivity contribution in [3.05, 3.63) is 0 Å². The fraction of sp³-hybridized carbons (Fsp3) is 0.889. The van der Waals surface area contributed by atoms with Gasteiger partial charge in [-0.05, 0) is 13.5 Å². The first-order valence-corrected chi connectivity index (χ1v) is 4.77. The monoisotopic (exact) mass is 187 g/mol. The second-order valence-corrected chi connectivity index (χ2v) is 3.24. The minimum Gasteiger partial charge on any atom is -0.465 e. The first-order valence-electron chi connectivity index (χ1n) is 4.77. The van der Waals surface area contributed by atoms with Crippen LogP contribution < -0.4 is 0 Å². The molecule has 1 saturated heterocycles. The summed E-state index contributed by atoms with van der Waals surface area (Å²) in [5.74, 6) is -0.207. The van der Waals surface area contributed by atoms with Crippen molar-refractivity contribution in [3.63, 3.8) is 0 Å². The van der Waals surface area contributed by atoms with Gasteiger partial charge in [0.05, 0.1) is 12.7 Å². The standard InChI is InChI=1S/C9H17NO3/c1-3-10-6-7(11)5-8(10)9(12)13-4-2/h7-8,11H,3-6H2,1-2H3/t7-,8+/m1/s1. The number of hydrogen-bond acceptors (Lipinski definition) is 4. The number of ether oxygens (including phenoxy) is 1. The zero-order valence-electron chi connectivity index (χ0n) is 8.19. The summed E-state index contributed by atoms with van der Waals surface area (Å²) in [5.41, 5.74) is 0. The van der Waals surface area contributed by atoms with Crippen LogP contribution in [0.25, 0.3) is 0 Å². The number of nitrogens with zero attached hydrogens (tertiary/aromatic N) is 1. The number of β-amino-alcohol motifs (C(OH)–C–C–N with tert-alkyl or cyclic N) is 1. The Morgan fingerprint density at radius 2 is 2.31 bits per heavy atom. The van der Waals surface area contributed by atoms with Crippen molar-refractivity contribution in [1.82, 2.24) is 4.90 Å². The van der Waals surface area contributed by atoms with Gasteiger partial charge >= 0.3 is 5.97 Å². The molecule has 2 atom stereocenters. The molecule has 0 spiro atoms. The largest absolute Gasteiger partial charge is 0.465 e. The molecule has 0 aromatic carbocycles. The van der Waals surface area contributed by atoms with Crippen LogP contribution in [0.15, 0.2) is 0 Å². The first-order chi connectivity index (χ1) is 6.19. The summed E-state index contributed by atoms with van der Waals surface area (Å²) in [6.45, 7) is 5.54. The van der Waals surface area contributed by atoms with Gasteiger partial charge in [-0.25, -0.2) is 0 Å². The third-order valence-electron chi connectivity index (χ3n) is 2.35. The lowest BCUT2D eigenvalue weighted by Crippen LogP contribution is -2.37. The molecule has 13 heavy (non-hydrogen) atoms. The van der Waals surface area contributed by atoms with Crippen molar-refractivity contribution in [2.45, 2.75) is 32.4 Å². The number of carbonyl (C=O) groups excluding carboxylic acids is 1. The van der Waals surface area contributed by atoms with Crippen molar-refractivity contribution in [3.8, 4) is 0 Å². The second-order valence-electron chi connectivity index (χ2n) is 3.24. The Kier molecular flexibility index (Phi) is 3.69. The van der Waals surface area contributed by atoms with Gasteiger partial charge in [0.25, 0.3) is 0 Å². The lowest BCUT2D eigenvalue weighted by molar-refractivity contribution is -0.148. The second kappa shape index (κ2) is 4.58. The molecular weight excluding hydrogens is 170 g/mol. The van der Waals surface area contributed by atoms with E-state index in [2.05, 4.69) is 0 Å². The highest BCUT2D eigenvalue weighted by Crippen LogP contribution is 2.18. The van der Waals surface area contributed by atoms with Crippen molar-refractivity contribution >= 4 is 5.97 Å². The lowest BCUT2D eigenvalue weighted by atomic mass is 10.2. The van der Waals surface area contributed by atoms with E-state index >= 15 is 0 Å². The molecule has 0 saturated carbocycles. The minimum atomic E-state index is -0.380. The summed E-state index contributed by atoms with van der Waals surface area (Å²) in [4.78, 5) is 13.3. The van der Waals surface area contributed by atoms with Crippen LogP contribution in [0, 0.1) is 0 Å². The molecule has 0 aliphatic carbocycles. The number of likely N-dealkylation sites (N-methyl/N-ethyl adjacent to an activating group) is 1. The first kappa shape index (κ1) is 10.5. The third kappa shape index (κ3) is 2.42.